The number of aliphatic hydroxyl groups is 1. The van der Waals surface area contributed by atoms with E-state index in [2.05, 4.69) is 35.2 Å². The van der Waals surface area contributed by atoms with Crippen molar-refractivity contribution >= 4 is 0 Å². The third kappa shape index (κ3) is 3.21. The lowest BCUT2D eigenvalue weighted by Gasteiger charge is -2.44. The number of benzene rings is 2. The average molecular weight is 365 g/mol. The molecule has 4 nitrogen and oxygen atoms in total. The van der Waals surface area contributed by atoms with E-state index in [9.17, 15) is 5.11 Å². The van der Waals surface area contributed by atoms with E-state index in [0.29, 0.717) is 25.3 Å². The Kier molecular flexibility index (Phi) is 4.33. The maximum atomic E-state index is 11.6. The maximum Gasteiger partial charge on any atom is 0.161 e. The fourth-order valence-corrected chi connectivity index (χ4v) is 5.06. The van der Waals surface area contributed by atoms with E-state index in [1.54, 1.807) is 0 Å². The predicted molar refractivity (Wildman–Crippen MR) is 104 cm³/mol. The first-order chi connectivity index (χ1) is 13.2. The van der Waals surface area contributed by atoms with Gasteiger partial charge in [-0.25, -0.2) is 0 Å². The molecule has 2 unspecified atom stereocenters. The number of rotatable bonds is 3. The van der Waals surface area contributed by atoms with Crippen molar-refractivity contribution in [3.8, 4) is 11.5 Å². The first kappa shape index (κ1) is 17.1. The highest BCUT2D eigenvalue weighted by Gasteiger charge is 2.48. The molecular weight excluding hydrogens is 338 g/mol. The summed E-state index contributed by atoms with van der Waals surface area (Å²) in [5, 5.41) is 11.6. The first-order valence-corrected chi connectivity index (χ1v) is 10.1. The van der Waals surface area contributed by atoms with Crippen LogP contribution in [-0.4, -0.2) is 35.3 Å². The van der Waals surface area contributed by atoms with Crippen molar-refractivity contribution in [1.29, 1.82) is 0 Å². The second-order valence-corrected chi connectivity index (χ2v) is 8.19. The zero-order valence-corrected chi connectivity index (χ0v) is 15.6. The summed E-state index contributed by atoms with van der Waals surface area (Å²) >= 11 is 0. The van der Waals surface area contributed by atoms with Crippen molar-refractivity contribution in [3.05, 3.63) is 59.7 Å². The zero-order valence-electron chi connectivity index (χ0n) is 15.6. The smallest absolute Gasteiger partial charge is 0.161 e. The fourth-order valence-electron chi connectivity index (χ4n) is 5.06. The molecule has 3 aliphatic rings. The minimum atomic E-state index is -0.774. The monoisotopic (exact) mass is 365 g/mol. The van der Waals surface area contributed by atoms with Gasteiger partial charge in [0.15, 0.2) is 11.5 Å². The van der Waals surface area contributed by atoms with Crippen molar-refractivity contribution in [2.75, 3.05) is 13.2 Å². The Labute approximate surface area is 160 Å². The predicted octanol–water partition coefficient (Wildman–Crippen LogP) is 3.86. The topological polar surface area (TPSA) is 41.9 Å². The molecule has 4 heteroatoms. The van der Waals surface area contributed by atoms with Crippen LogP contribution in [0.4, 0.5) is 0 Å². The molecule has 0 radical (unpaired) electrons. The molecule has 0 amide bonds. The quantitative estimate of drug-likeness (QED) is 0.897. The third-order valence-corrected chi connectivity index (χ3v) is 6.41. The van der Waals surface area contributed by atoms with E-state index < -0.39 is 5.60 Å². The summed E-state index contributed by atoms with van der Waals surface area (Å²) in [6.07, 6.45) is 4.81. The van der Waals surface area contributed by atoms with Crippen molar-refractivity contribution in [3.63, 3.8) is 0 Å². The maximum absolute atomic E-state index is 11.6. The van der Waals surface area contributed by atoms with E-state index >= 15 is 0 Å². The normalized spacial score (nSPS) is 30.1. The van der Waals surface area contributed by atoms with Crippen LogP contribution in [0, 0.1) is 0 Å². The number of hydrogen-bond donors (Lipinski definition) is 1. The van der Waals surface area contributed by atoms with Gasteiger partial charge in [0.1, 0.15) is 0 Å². The van der Waals surface area contributed by atoms with Crippen LogP contribution in [0.1, 0.15) is 43.2 Å². The molecule has 2 aromatic rings. The number of hydrogen-bond acceptors (Lipinski definition) is 4. The molecule has 2 fully saturated rings. The van der Waals surface area contributed by atoms with Gasteiger partial charge in [-0.15, -0.1) is 0 Å². The molecule has 1 N–H and O–H groups in total. The second-order valence-electron chi connectivity index (χ2n) is 8.19. The molecule has 27 heavy (non-hydrogen) atoms. The Morgan fingerprint density at radius 3 is 2.37 bits per heavy atom. The minimum Gasteiger partial charge on any atom is -0.490 e. The van der Waals surface area contributed by atoms with Gasteiger partial charge >= 0.3 is 0 Å². The summed E-state index contributed by atoms with van der Waals surface area (Å²) in [5.41, 5.74) is 1.56. The van der Waals surface area contributed by atoms with Gasteiger partial charge in [-0.05, 0) is 48.9 Å². The number of nitrogens with zero attached hydrogens (tertiary/aromatic N) is 1. The SMILES string of the molecule is OC1(c2ccc3c(c2)OCCCO3)CC2CCC(C1)N2Cc1ccccc1. The van der Waals surface area contributed by atoms with Crippen molar-refractivity contribution in [2.24, 2.45) is 0 Å². The van der Waals surface area contributed by atoms with Gasteiger partial charge in [-0.3, -0.25) is 4.90 Å². The molecule has 2 bridgehead atoms. The lowest BCUT2D eigenvalue weighted by atomic mass is 9.80. The van der Waals surface area contributed by atoms with Crippen LogP contribution in [-0.2, 0) is 12.1 Å². The van der Waals surface area contributed by atoms with E-state index in [1.807, 2.05) is 18.2 Å². The van der Waals surface area contributed by atoms with Gasteiger partial charge in [0, 0.05) is 25.0 Å². The molecule has 3 aliphatic heterocycles. The lowest BCUT2D eigenvalue weighted by molar-refractivity contribution is -0.0596. The van der Waals surface area contributed by atoms with Gasteiger partial charge in [0.05, 0.1) is 18.8 Å². The lowest BCUT2D eigenvalue weighted by Crippen LogP contribution is -2.49. The summed E-state index contributed by atoms with van der Waals surface area (Å²) in [6, 6.07) is 17.5. The molecule has 142 valence electrons. The largest absolute Gasteiger partial charge is 0.490 e. The van der Waals surface area contributed by atoms with Gasteiger partial charge in [-0.1, -0.05) is 36.4 Å². The van der Waals surface area contributed by atoms with Crippen LogP contribution in [0.3, 0.4) is 0 Å². The summed E-state index contributed by atoms with van der Waals surface area (Å²) in [7, 11) is 0. The summed E-state index contributed by atoms with van der Waals surface area (Å²) in [4.78, 5) is 2.60. The Morgan fingerprint density at radius 1 is 0.926 bits per heavy atom. The molecule has 0 aromatic heterocycles. The highest BCUT2D eigenvalue weighted by molar-refractivity contribution is 5.45. The molecular formula is C23H27NO3. The Balaban J connectivity index is 1.37. The van der Waals surface area contributed by atoms with Crippen molar-refractivity contribution < 1.29 is 14.6 Å². The molecule has 2 saturated heterocycles. The van der Waals surface area contributed by atoms with E-state index in [-0.39, 0.29) is 0 Å². The van der Waals surface area contributed by atoms with Crippen LogP contribution in [0.15, 0.2) is 48.5 Å². The van der Waals surface area contributed by atoms with Crippen molar-refractivity contribution in [2.45, 2.75) is 56.3 Å². The molecule has 0 spiro atoms. The van der Waals surface area contributed by atoms with Gasteiger partial charge in [-0.2, -0.15) is 0 Å². The Bertz CT molecular complexity index is 793. The zero-order chi connectivity index (χ0) is 18.3. The van der Waals surface area contributed by atoms with Gasteiger partial charge in [0.2, 0.25) is 0 Å². The second kappa shape index (κ2) is 6.84. The van der Waals surface area contributed by atoms with Crippen molar-refractivity contribution in [1.82, 2.24) is 4.90 Å². The number of fused-ring (bicyclic) bond motifs is 3. The van der Waals surface area contributed by atoms with Crippen LogP contribution in [0.5, 0.6) is 11.5 Å². The fraction of sp³-hybridized carbons (Fsp3) is 0.478. The Morgan fingerprint density at radius 2 is 1.63 bits per heavy atom. The van der Waals surface area contributed by atoms with Crippen LogP contribution in [0.2, 0.25) is 0 Å². The molecule has 2 aromatic carbocycles. The van der Waals surface area contributed by atoms with Crippen LogP contribution >= 0.6 is 0 Å². The first-order valence-electron chi connectivity index (χ1n) is 10.1. The summed E-state index contributed by atoms with van der Waals surface area (Å²) < 4.78 is 11.6. The molecule has 2 atom stereocenters. The molecule has 5 rings (SSSR count). The van der Waals surface area contributed by atoms with E-state index in [1.165, 1.54) is 18.4 Å². The van der Waals surface area contributed by atoms with Gasteiger partial charge in [0.25, 0.3) is 0 Å². The minimum absolute atomic E-state index is 0.435. The van der Waals surface area contributed by atoms with Crippen LogP contribution in [0.25, 0.3) is 0 Å². The van der Waals surface area contributed by atoms with E-state index in [0.717, 1.165) is 42.9 Å². The Hall–Kier alpha value is -2.04. The number of ether oxygens (including phenoxy) is 2. The summed E-state index contributed by atoms with van der Waals surface area (Å²) in [5.74, 6) is 1.57. The van der Waals surface area contributed by atoms with Crippen LogP contribution < -0.4 is 9.47 Å². The number of piperidine rings is 1. The molecule has 3 heterocycles. The summed E-state index contributed by atoms with van der Waals surface area (Å²) in [6.45, 7) is 2.34. The highest BCUT2D eigenvalue weighted by atomic mass is 16.5. The third-order valence-electron chi connectivity index (χ3n) is 6.41. The van der Waals surface area contributed by atoms with E-state index in [4.69, 9.17) is 9.47 Å². The standard InChI is InChI=1S/C23H27NO3/c25-23(18-7-10-21-22(13-18)27-12-4-11-26-21)14-19-8-9-20(15-23)24(19)16-17-5-2-1-3-6-17/h1-3,5-7,10,13,19-20,25H,4,8-9,11-12,14-16H2. The molecule has 0 aliphatic carbocycles. The molecule has 0 saturated carbocycles. The highest BCUT2D eigenvalue weighted by Crippen LogP contribution is 2.47. The van der Waals surface area contributed by atoms with Gasteiger partial charge < -0.3 is 14.6 Å². The average Bonchev–Trinajstić information content (AvgIpc) is 2.88.